The topological polar surface area (TPSA) is 57.1 Å². The van der Waals surface area contributed by atoms with E-state index < -0.39 is 0 Å². The highest BCUT2D eigenvalue weighted by Crippen LogP contribution is 2.18. The van der Waals surface area contributed by atoms with E-state index in [1.165, 1.54) is 12.8 Å². The molecular formula is C15H21N3O. The van der Waals surface area contributed by atoms with E-state index in [1.54, 1.807) is 0 Å². The average molecular weight is 259 g/mol. The molecule has 0 radical (unpaired) electrons. The summed E-state index contributed by atoms with van der Waals surface area (Å²) in [6, 6.07) is 10.8. The van der Waals surface area contributed by atoms with Gasteiger partial charge in [-0.25, -0.2) is 0 Å². The molecule has 2 rings (SSSR count). The Balaban J connectivity index is 1.79. The monoisotopic (exact) mass is 259 g/mol. The van der Waals surface area contributed by atoms with Gasteiger partial charge in [-0.3, -0.25) is 0 Å². The Bertz CT molecular complexity index is 418. The third-order valence-corrected chi connectivity index (χ3v) is 3.37. The summed E-state index contributed by atoms with van der Waals surface area (Å²) in [7, 11) is 0. The van der Waals surface area contributed by atoms with Crippen LogP contribution in [0.3, 0.4) is 0 Å². The Morgan fingerprint density at radius 1 is 1.47 bits per heavy atom. The quantitative estimate of drug-likeness (QED) is 0.824. The molecule has 2 N–H and O–H groups in total. The molecule has 1 aliphatic heterocycles. The van der Waals surface area contributed by atoms with E-state index in [1.807, 2.05) is 30.3 Å². The van der Waals surface area contributed by atoms with Crippen molar-refractivity contribution in [3.05, 3.63) is 24.3 Å². The molecule has 1 fully saturated rings. The maximum atomic E-state index is 8.44. The van der Waals surface area contributed by atoms with Crippen molar-refractivity contribution in [1.29, 1.82) is 5.26 Å². The first-order valence-electron chi connectivity index (χ1n) is 6.87. The minimum Gasteiger partial charge on any atom is -0.479 e. The van der Waals surface area contributed by atoms with E-state index in [-0.39, 0.29) is 6.61 Å². The minimum absolute atomic E-state index is 0.0938. The fourth-order valence-corrected chi connectivity index (χ4v) is 2.49. The van der Waals surface area contributed by atoms with E-state index in [0.717, 1.165) is 24.4 Å². The number of anilines is 1. The maximum absolute atomic E-state index is 8.44. The molecule has 0 bridgehead atoms. The molecule has 1 aromatic carbocycles. The van der Waals surface area contributed by atoms with Gasteiger partial charge in [0.1, 0.15) is 11.8 Å². The number of hydrogen-bond donors (Lipinski definition) is 2. The van der Waals surface area contributed by atoms with Crippen LogP contribution in [0.15, 0.2) is 24.3 Å². The Hall–Kier alpha value is -1.73. The molecule has 0 spiro atoms. The Morgan fingerprint density at radius 3 is 2.89 bits per heavy atom. The van der Waals surface area contributed by atoms with Crippen molar-refractivity contribution < 1.29 is 4.74 Å². The van der Waals surface area contributed by atoms with E-state index in [2.05, 4.69) is 17.6 Å². The summed E-state index contributed by atoms with van der Waals surface area (Å²) in [5.41, 5.74) is 1.09. The highest BCUT2D eigenvalue weighted by atomic mass is 16.5. The van der Waals surface area contributed by atoms with E-state index in [4.69, 9.17) is 10.00 Å². The summed E-state index contributed by atoms with van der Waals surface area (Å²) in [4.78, 5) is 0. The zero-order valence-corrected chi connectivity index (χ0v) is 11.4. The molecule has 2 atom stereocenters. The van der Waals surface area contributed by atoms with Gasteiger partial charge in [0.05, 0.1) is 0 Å². The molecule has 1 aromatic rings. The van der Waals surface area contributed by atoms with Gasteiger partial charge < -0.3 is 15.4 Å². The standard InChI is InChI=1S/C15H21N3O/c1-12(11-14-3-2-9-17-14)18-13-4-6-15(7-5-13)19-10-8-16/h4-7,12,14,17-18H,2-3,9-11H2,1H3. The molecule has 1 saturated heterocycles. The lowest BCUT2D eigenvalue weighted by Gasteiger charge is -2.19. The Morgan fingerprint density at radius 2 is 2.26 bits per heavy atom. The van der Waals surface area contributed by atoms with Crippen molar-refractivity contribution in [3.63, 3.8) is 0 Å². The summed E-state index contributed by atoms with van der Waals surface area (Å²) < 4.78 is 5.22. The van der Waals surface area contributed by atoms with Gasteiger partial charge in [-0.05, 0) is 57.0 Å². The smallest absolute Gasteiger partial charge is 0.174 e. The second-order valence-corrected chi connectivity index (χ2v) is 5.05. The largest absolute Gasteiger partial charge is 0.479 e. The third-order valence-electron chi connectivity index (χ3n) is 3.37. The van der Waals surface area contributed by atoms with Crippen LogP contribution >= 0.6 is 0 Å². The van der Waals surface area contributed by atoms with Gasteiger partial charge in [0.25, 0.3) is 0 Å². The van der Waals surface area contributed by atoms with Gasteiger partial charge in [0.15, 0.2) is 6.61 Å². The second kappa shape index (κ2) is 7.01. The first-order chi connectivity index (χ1) is 9.28. The highest BCUT2D eigenvalue weighted by molar-refractivity contribution is 5.47. The number of nitrogens with zero attached hydrogens (tertiary/aromatic N) is 1. The van der Waals surface area contributed by atoms with Crippen LogP contribution < -0.4 is 15.4 Å². The van der Waals surface area contributed by atoms with E-state index in [9.17, 15) is 0 Å². The molecule has 102 valence electrons. The molecule has 0 amide bonds. The Labute approximate surface area is 114 Å². The third kappa shape index (κ3) is 4.46. The van der Waals surface area contributed by atoms with Gasteiger partial charge in [-0.1, -0.05) is 0 Å². The van der Waals surface area contributed by atoms with Gasteiger partial charge in [0, 0.05) is 17.8 Å². The summed E-state index contributed by atoms with van der Waals surface area (Å²) in [5, 5.41) is 15.5. The molecular weight excluding hydrogens is 238 g/mol. The number of rotatable bonds is 6. The van der Waals surface area contributed by atoms with Crippen LogP contribution in [0.2, 0.25) is 0 Å². The van der Waals surface area contributed by atoms with Gasteiger partial charge in [-0.2, -0.15) is 5.26 Å². The SMILES string of the molecule is CC(CC1CCCN1)Nc1ccc(OCC#N)cc1. The number of ether oxygens (including phenoxy) is 1. The zero-order chi connectivity index (χ0) is 13.5. The van der Waals surface area contributed by atoms with Crippen molar-refractivity contribution in [2.45, 2.75) is 38.3 Å². The lowest BCUT2D eigenvalue weighted by Crippen LogP contribution is -2.29. The minimum atomic E-state index is 0.0938. The molecule has 19 heavy (non-hydrogen) atoms. The zero-order valence-electron chi connectivity index (χ0n) is 11.4. The fraction of sp³-hybridized carbons (Fsp3) is 0.533. The van der Waals surface area contributed by atoms with Crippen molar-refractivity contribution in [1.82, 2.24) is 5.32 Å². The molecule has 1 heterocycles. The molecule has 2 unspecified atom stereocenters. The average Bonchev–Trinajstić information content (AvgIpc) is 2.90. The van der Waals surface area contributed by atoms with Gasteiger partial charge >= 0.3 is 0 Å². The van der Waals surface area contributed by atoms with Crippen molar-refractivity contribution in [2.24, 2.45) is 0 Å². The molecule has 0 aromatic heterocycles. The normalized spacial score (nSPS) is 19.7. The number of nitrogens with one attached hydrogen (secondary N) is 2. The van der Waals surface area contributed by atoms with Crippen LogP contribution in [0.5, 0.6) is 5.75 Å². The first-order valence-corrected chi connectivity index (χ1v) is 6.87. The van der Waals surface area contributed by atoms with E-state index >= 15 is 0 Å². The maximum Gasteiger partial charge on any atom is 0.174 e. The summed E-state index contributed by atoms with van der Waals surface area (Å²) in [6.45, 7) is 3.46. The molecule has 4 heteroatoms. The van der Waals surface area contributed by atoms with Crippen molar-refractivity contribution in [3.8, 4) is 11.8 Å². The second-order valence-electron chi connectivity index (χ2n) is 5.05. The van der Waals surface area contributed by atoms with Gasteiger partial charge in [0.2, 0.25) is 0 Å². The van der Waals surface area contributed by atoms with Gasteiger partial charge in [-0.15, -0.1) is 0 Å². The van der Waals surface area contributed by atoms with Crippen LogP contribution in [-0.4, -0.2) is 25.2 Å². The molecule has 1 aliphatic rings. The molecule has 4 nitrogen and oxygen atoms in total. The van der Waals surface area contributed by atoms with Crippen LogP contribution in [0.25, 0.3) is 0 Å². The van der Waals surface area contributed by atoms with Crippen molar-refractivity contribution >= 4 is 5.69 Å². The van der Waals surface area contributed by atoms with E-state index in [0.29, 0.717) is 12.1 Å². The number of hydrogen-bond acceptors (Lipinski definition) is 4. The number of nitriles is 1. The Kier molecular flexibility index (Phi) is 5.05. The first kappa shape index (κ1) is 13.7. The number of benzene rings is 1. The lowest BCUT2D eigenvalue weighted by atomic mass is 10.1. The summed E-state index contributed by atoms with van der Waals surface area (Å²) in [6.07, 6.45) is 3.72. The van der Waals surface area contributed by atoms with Crippen LogP contribution in [-0.2, 0) is 0 Å². The lowest BCUT2D eigenvalue weighted by molar-refractivity contribution is 0.368. The summed E-state index contributed by atoms with van der Waals surface area (Å²) in [5.74, 6) is 0.734. The van der Waals surface area contributed by atoms with Crippen LogP contribution in [0.1, 0.15) is 26.2 Å². The molecule has 0 aliphatic carbocycles. The predicted molar refractivity (Wildman–Crippen MR) is 76.3 cm³/mol. The van der Waals surface area contributed by atoms with Crippen molar-refractivity contribution in [2.75, 3.05) is 18.5 Å². The highest BCUT2D eigenvalue weighted by Gasteiger charge is 2.16. The summed E-state index contributed by atoms with van der Waals surface area (Å²) >= 11 is 0. The fourth-order valence-electron chi connectivity index (χ4n) is 2.49. The predicted octanol–water partition coefficient (Wildman–Crippen LogP) is 2.53. The van der Waals surface area contributed by atoms with Crippen LogP contribution in [0.4, 0.5) is 5.69 Å². The van der Waals surface area contributed by atoms with Crippen LogP contribution in [0, 0.1) is 11.3 Å². The molecule has 0 saturated carbocycles.